The largest absolute Gasteiger partial charge is 0.465 e. The molecule has 0 radical (unpaired) electrons. The topological polar surface area (TPSA) is 116 Å². The zero-order chi connectivity index (χ0) is 25.4. The van der Waals surface area contributed by atoms with E-state index in [2.05, 4.69) is 4.99 Å². The van der Waals surface area contributed by atoms with Crippen LogP contribution >= 0.6 is 11.3 Å². The highest BCUT2D eigenvalue weighted by Gasteiger charge is 2.39. The van der Waals surface area contributed by atoms with Gasteiger partial charge in [-0.1, -0.05) is 11.3 Å². The van der Waals surface area contributed by atoms with Gasteiger partial charge in [0.15, 0.2) is 16.3 Å². The summed E-state index contributed by atoms with van der Waals surface area (Å²) in [6, 6.07) is 6.90. The minimum atomic E-state index is -4.03. The number of thiazole rings is 1. The first-order chi connectivity index (χ1) is 17.3. The summed E-state index contributed by atoms with van der Waals surface area (Å²) in [5.74, 6) is -0.677. The minimum absolute atomic E-state index is 0.0836. The van der Waals surface area contributed by atoms with Crippen LogP contribution in [0.2, 0.25) is 0 Å². The summed E-state index contributed by atoms with van der Waals surface area (Å²) in [4.78, 5) is 30.0. The Morgan fingerprint density at radius 2 is 1.92 bits per heavy atom. The number of halogens is 1. The number of hydrogen-bond acceptors (Lipinski definition) is 8. The van der Waals surface area contributed by atoms with E-state index in [1.54, 1.807) is 23.6 Å². The van der Waals surface area contributed by atoms with Gasteiger partial charge in [-0.2, -0.15) is 9.30 Å². The molecule has 1 atom stereocenters. The number of amides is 1. The van der Waals surface area contributed by atoms with Gasteiger partial charge in [0.2, 0.25) is 16.8 Å². The van der Waals surface area contributed by atoms with E-state index in [-0.39, 0.29) is 36.2 Å². The molecule has 1 saturated heterocycles. The third-order valence-corrected chi connectivity index (χ3v) is 8.85. The van der Waals surface area contributed by atoms with Crippen LogP contribution < -0.4 is 14.3 Å². The molecule has 0 bridgehead atoms. The predicted molar refractivity (Wildman–Crippen MR) is 126 cm³/mol. The molecule has 0 N–H and O–H groups in total. The average Bonchev–Trinajstić information content (AvgIpc) is 3.57. The maximum absolute atomic E-state index is 13.3. The Balaban J connectivity index is 1.53. The van der Waals surface area contributed by atoms with Crippen molar-refractivity contribution in [1.82, 2.24) is 8.87 Å². The number of hydrogen-bond donors (Lipinski definition) is 0. The number of esters is 1. The summed E-state index contributed by atoms with van der Waals surface area (Å²) >= 11 is 1.17. The third kappa shape index (κ3) is 4.49. The molecule has 3 heterocycles. The van der Waals surface area contributed by atoms with E-state index in [1.165, 1.54) is 23.5 Å². The van der Waals surface area contributed by atoms with Crippen LogP contribution in [0, 0.1) is 5.82 Å². The van der Waals surface area contributed by atoms with E-state index in [9.17, 15) is 22.4 Å². The first kappa shape index (κ1) is 24.4. The molecule has 0 spiro atoms. The summed E-state index contributed by atoms with van der Waals surface area (Å²) in [5.41, 5.74) is 0.603. The molecule has 0 aliphatic carbocycles. The molecule has 2 aliphatic heterocycles. The Morgan fingerprint density at radius 1 is 1.19 bits per heavy atom. The highest BCUT2D eigenvalue weighted by molar-refractivity contribution is 7.89. The lowest BCUT2D eigenvalue weighted by atomic mass is 10.2. The van der Waals surface area contributed by atoms with Gasteiger partial charge in [-0.05, 0) is 44.0 Å². The van der Waals surface area contributed by atoms with Crippen LogP contribution in [-0.4, -0.2) is 55.2 Å². The second kappa shape index (κ2) is 9.64. The van der Waals surface area contributed by atoms with E-state index in [4.69, 9.17) is 14.2 Å². The molecule has 10 nitrogen and oxygen atoms in total. The number of ether oxygens (including phenoxy) is 3. The van der Waals surface area contributed by atoms with Gasteiger partial charge in [0, 0.05) is 18.7 Å². The quantitative estimate of drug-likeness (QED) is 0.445. The Morgan fingerprint density at radius 3 is 2.64 bits per heavy atom. The molecule has 190 valence electrons. The van der Waals surface area contributed by atoms with Crippen molar-refractivity contribution in [2.24, 2.45) is 4.99 Å². The number of sulfonamides is 1. The van der Waals surface area contributed by atoms with Crippen molar-refractivity contribution >= 4 is 43.5 Å². The second-order valence-corrected chi connectivity index (χ2v) is 11.0. The fraction of sp³-hybridized carbons (Fsp3) is 0.348. The first-order valence-electron chi connectivity index (χ1n) is 11.2. The van der Waals surface area contributed by atoms with Crippen LogP contribution in [0.5, 0.6) is 11.5 Å². The van der Waals surface area contributed by atoms with Crippen molar-refractivity contribution in [3.63, 3.8) is 0 Å². The number of rotatable bonds is 6. The zero-order valence-corrected chi connectivity index (χ0v) is 20.8. The van der Waals surface area contributed by atoms with E-state index < -0.39 is 33.8 Å². The van der Waals surface area contributed by atoms with Crippen LogP contribution in [0.1, 0.15) is 19.8 Å². The summed E-state index contributed by atoms with van der Waals surface area (Å²) in [7, 11) is -4.03. The van der Waals surface area contributed by atoms with E-state index in [0.717, 1.165) is 16.4 Å². The van der Waals surface area contributed by atoms with Crippen molar-refractivity contribution in [3.8, 4) is 11.5 Å². The van der Waals surface area contributed by atoms with Gasteiger partial charge in [-0.25, -0.2) is 12.8 Å². The number of carbonyl (C=O) groups is 2. The van der Waals surface area contributed by atoms with Gasteiger partial charge in [0.25, 0.3) is 5.91 Å². The molecular weight excluding hydrogens is 513 g/mol. The van der Waals surface area contributed by atoms with E-state index in [1.807, 2.05) is 0 Å². The van der Waals surface area contributed by atoms with Crippen molar-refractivity contribution in [1.29, 1.82) is 0 Å². The Labute approximate surface area is 209 Å². The number of nitrogens with zero attached hydrogens (tertiary/aromatic N) is 3. The second-order valence-electron chi connectivity index (χ2n) is 8.13. The fourth-order valence-corrected chi connectivity index (χ4v) is 6.91. The van der Waals surface area contributed by atoms with Gasteiger partial charge in [0.05, 0.1) is 21.7 Å². The molecule has 0 saturated carbocycles. The molecule has 1 aromatic heterocycles. The highest BCUT2D eigenvalue weighted by atomic mass is 32.2. The first-order valence-corrected chi connectivity index (χ1v) is 13.5. The SMILES string of the molecule is CCOC(=O)Cn1c(=NC(=O)C2CCCN2S(=O)(=O)c2ccc(F)cc2)sc2cc3c(cc21)OCO3. The molecule has 36 heavy (non-hydrogen) atoms. The van der Waals surface area contributed by atoms with Gasteiger partial charge in [-0.3, -0.25) is 9.59 Å². The lowest BCUT2D eigenvalue weighted by Gasteiger charge is -2.21. The monoisotopic (exact) mass is 535 g/mol. The Bertz CT molecular complexity index is 1510. The molecule has 1 fully saturated rings. The van der Waals surface area contributed by atoms with Crippen LogP contribution in [-0.2, 0) is 30.9 Å². The lowest BCUT2D eigenvalue weighted by molar-refractivity contribution is -0.143. The maximum atomic E-state index is 13.3. The number of fused-ring (bicyclic) bond motifs is 2. The normalized spacial score (nSPS) is 18.2. The summed E-state index contributed by atoms with van der Waals surface area (Å²) in [5, 5.41) is 0. The van der Waals surface area contributed by atoms with E-state index >= 15 is 0 Å². The summed E-state index contributed by atoms with van der Waals surface area (Å²) in [6.07, 6.45) is 0.768. The maximum Gasteiger partial charge on any atom is 0.326 e. The Hall–Kier alpha value is -3.29. The summed E-state index contributed by atoms with van der Waals surface area (Å²) < 4.78 is 59.0. The average molecular weight is 536 g/mol. The van der Waals surface area contributed by atoms with Gasteiger partial charge >= 0.3 is 5.97 Å². The standard InChI is InChI=1S/C23H22FN3O7S2/c1-2-32-21(28)12-26-17-10-18-19(34-13-33-18)11-20(17)35-23(26)25-22(29)16-4-3-9-27(16)36(30,31)15-7-5-14(24)6-8-15/h5-8,10-11,16H,2-4,9,12-13H2,1H3. The predicted octanol–water partition coefficient (Wildman–Crippen LogP) is 2.41. The summed E-state index contributed by atoms with van der Waals surface area (Å²) in [6.45, 7) is 1.92. The molecule has 2 aliphatic rings. The van der Waals surface area contributed by atoms with Crippen molar-refractivity contribution < 1.29 is 36.6 Å². The zero-order valence-electron chi connectivity index (χ0n) is 19.2. The molecule has 3 aromatic rings. The number of aromatic nitrogens is 1. The number of benzene rings is 2. The van der Waals surface area contributed by atoms with Gasteiger partial charge < -0.3 is 18.8 Å². The van der Waals surface area contributed by atoms with Crippen molar-refractivity contribution in [2.75, 3.05) is 19.9 Å². The highest BCUT2D eigenvalue weighted by Crippen LogP contribution is 2.37. The van der Waals surface area contributed by atoms with Crippen LogP contribution in [0.3, 0.4) is 0 Å². The fourth-order valence-electron chi connectivity index (χ4n) is 4.22. The molecule has 5 rings (SSSR count). The van der Waals surface area contributed by atoms with Crippen molar-refractivity contribution in [3.05, 3.63) is 47.0 Å². The van der Waals surface area contributed by atoms with Gasteiger partial charge in [0.1, 0.15) is 18.4 Å². The number of carbonyl (C=O) groups excluding carboxylic acids is 2. The third-order valence-electron chi connectivity index (χ3n) is 5.88. The van der Waals surface area contributed by atoms with Gasteiger partial charge in [-0.15, -0.1) is 0 Å². The Kier molecular flexibility index (Phi) is 6.53. The van der Waals surface area contributed by atoms with Crippen LogP contribution in [0.15, 0.2) is 46.3 Å². The molecular formula is C23H22FN3O7S2. The van der Waals surface area contributed by atoms with Crippen molar-refractivity contribution in [2.45, 2.75) is 37.2 Å². The minimum Gasteiger partial charge on any atom is -0.465 e. The van der Waals surface area contributed by atoms with E-state index in [0.29, 0.717) is 34.6 Å². The van der Waals surface area contributed by atoms with Crippen LogP contribution in [0.4, 0.5) is 4.39 Å². The smallest absolute Gasteiger partial charge is 0.326 e. The molecule has 2 aromatic carbocycles. The lowest BCUT2D eigenvalue weighted by Crippen LogP contribution is -2.40. The molecule has 1 unspecified atom stereocenters. The molecule has 13 heteroatoms. The molecule has 1 amide bonds. The van der Waals surface area contributed by atoms with Crippen LogP contribution in [0.25, 0.3) is 10.2 Å².